The third-order valence-corrected chi connectivity index (χ3v) is 3.66. The van der Waals surface area contributed by atoms with E-state index in [1.807, 2.05) is 0 Å². The second-order valence-corrected chi connectivity index (χ2v) is 5.76. The fraction of sp³-hybridized carbons (Fsp3) is 0.875. The first kappa shape index (κ1) is 21.0. The van der Waals surface area contributed by atoms with Gasteiger partial charge in [-0.2, -0.15) is 0 Å². The summed E-state index contributed by atoms with van der Waals surface area (Å²) in [6.45, 7) is 4.35. The summed E-state index contributed by atoms with van der Waals surface area (Å²) in [5.41, 5.74) is 0. The summed E-state index contributed by atoms with van der Waals surface area (Å²) in [7, 11) is 1.51. The zero-order chi connectivity index (χ0) is 16.8. The van der Waals surface area contributed by atoms with Crippen molar-refractivity contribution in [3.05, 3.63) is 0 Å². The van der Waals surface area contributed by atoms with Crippen LogP contribution >= 0.6 is 11.6 Å². The van der Waals surface area contributed by atoms with Crippen LogP contribution in [0.25, 0.3) is 0 Å². The molecule has 6 heteroatoms. The van der Waals surface area contributed by atoms with Crippen molar-refractivity contribution in [2.45, 2.75) is 64.8 Å². The number of hydrogen-bond acceptors (Lipinski definition) is 4. The molecule has 0 saturated carbocycles. The average molecular weight is 336 g/mol. The van der Waals surface area contributed by atoms with Crippen LogP contribution in [0.5, 0.6) is 0 Å². The van der Waals surface area contributed by atoms with Crippen LogP contribution in [-0.2, 0) is 14.3 Å². The summed E-state index contributed by atoms with van der Waals surface area (Å²) in [6, 6.07) is -0.660. The van der Waals surface area contributed by atoms with Gasteiger partial charge >= 0.3 is 12.1 Å². The van der Waals surface area contributed by atoms with Gasteiger partial charge in [-0.1, -0.05) is 45.4 Å². The van der Waals surface area contributed by atoms with Crippen molar-refractivity contribution < 1.29 is 19.1 Å². The Morgan fingerprint density at radius 2 is 1.59 bits per heavy atom. The Kier molecular flexibility index (Phi) is 13.1. The zero-order valence-electron chi connectivity index (χ0n) is 14.1. The van der Waals surface area contributed by atoms with E-state index >= 15 is 0 Å². The molecule has 0 aromatic carbocycles. The van der Waals surface area contributed by atoms with E-state index in [1.54, 1.807) is 6.92 Å². The molecule has 0 N–H and O–H groups in total. The number of rotatable bonds is 12. The van der Waals surface area contributed by atoms with Crippen LogP contribution in [0.2, 0.25) is 0 Å². The first-order chi connectivity index (χ1) is 10.5. The van der Waals surface area contributed by atoms with E-state index in [1.165, 1.54) is 44.1 Å². The van der Waals surface area contributed by atoms with Gasteiger partial charge in [0.25, 0.3) is 0 Å². The van der Waals surface area contributed by atoms with E-state index in [4.69, 9.17) is 21.1 Å². The monoisotopic (exact) mass is 335 g/mol. The maximum absolute atomic E-state index is 11.8. The molecule has 0 aliphatic carbocycles. The average Bonchev–Trinajstić information content (AvgIpc) is 2.53. The van der Waals surface area contributed by atoms with Crippen LogP contribution in [0.3, 0.4) is 0 Å². The molecule has 130 valence electrons. The number of likely N-dealkylation sites (N-methyl/N-ethyl adjacent to an activating group) is 1. The normalized spacial score (nSPS) is 11.8. The fourth-order valence-electron chi connectivity index (χ4n) is 1.90. The summed E-state index contributed by atoms with van der Waals surface area (Å²) in [5, 5.41) is 0. The molecule has 0 aromatic rings. The number of carbonyl (C=O) groups excluding carboxylic acids is 2. The minimum absolute atomic E-state index is 0.129. The Hall–Kier alpha value is -0.970. The second kappa shape index (κ2) is 13.7. The zero-order valence-corrected chi connectivity index (χ0v) is 14.9. The molecule has 0 radical (unpaired) electrons. The molecule has 1 unspecified atom stereocenters. The second-order valence-electron chi connectivity index (χ2n) is 5.38. The molecule has 0 fully saturated rings. The van der Waals surface area contributed by atoms with Crippen molar-refractivity contribution in [2.24, 2.45) is 0 Å². The van der Waals surface area contributed by atoms with Crippen LogP contribution in [0, 0.1) is 0 Å². The number of unbranched alkanes of at least 4 members (excludes halogenated alkanes) is 6. The smallest absolute Gasteiger partial charge is 0.410 e. The molecule has 0 bridgehead atoms. The maximum Gasteiger partial charge on any atom is 0.410 e. The van der Waals surface area contributed by atoms with Crippen LogP contribution in [-0.4, -0.2) is 49.1 Å². The van der Waals surface area contributed by atoms with Gasteiger partial charge in [-0.3, -0.25) is 4.90 Å². The minimum atomic E-state index is -0.660. The van der Waals surface area contributed by atoms with E-state index in [9.17, 15) is 9.59 Å². The molecule has 0 aliphatic heterocycles. The molecule has 0 aromatic heterocycles. The number of alkyl halides is 1. The van der Waals surface area contributed by atoms with Crippen LogP contribution in [0.1, 0.15) is 58.8 Å². The van der Waals surface area contributed by atoms with Crippen molar-refractivity contribution in [2.75, 3.05) is 26.1 Å². The molecule has 5 nitrogen and oxygen atoms in total. The Morgan fingerprint density at radius 1 is 1.00 bits per heavy atom. The Balaban J connectivity index is 3.75. The van der Waals surface area contributed by atoms with E-state index < -0.39 is 18.1 Å². The summed E-state index contributed by atoms with van der Waals surface area (Å²) >= 11 is 5.44. The van der Waals surface area contributed by atoms with E-state index in [0.29, 0.717) is 6.61 Å². The van der Waals surface area contributed by atoms with Gasteiger partial charge in [0.1, 0.15) is 12.6 Å². The third-order valence-electron chi connectivity index (χ3n) is 3.50. The molecule has 0 aliphatic rings. The largest absolute Gasteiger partial charge is 0.464 e. The molecular weight excluding hydrogens is 306 g/mol. The Morgan fingerprint density at radius 3 is 2.18 bits per heavy atom. The molecule has 0 saturated heterocycles. The van der Waals surface area contributed by atoms with Crippen molar-refractivity contribution in [1.82, 2.24) is 4.90 Å². The predicted octanol–water partition coefficient (Wildman–Crippen LogP) is 3.98. The highest BCUT2D eigenvalue weighted by Crippen LogP contribution is 2.08. The maximum atomic E-state index is 11.8. The summed E-state index contributed by atoms with van der Waals surface area (Å²) < 4.78 is 10.1. The van der Waals surface area contributed by atoms with Crippen molar-refractivity contribution in [3.63, 3.8) is 0 Å². The first-order valence-electron chi connectivity index (χ1n) is 8.16. The van der Waals surface area contributed by atoms with Gasteiger partial charge in [-0.25, -0.2) is 9.59 Å². The van der Waals surface area contributed by atoms with Crippen molar-refractivity contribution >= 4 is 23.7 Å². The molecule has 22 heavy (non-hydrogen) atoms. The Bertz CT molecular complexity index is 313. The number of nitrogens with zero attached hydrogens (tertiary/aromatic N) is 1. The standard InChI is InChI=1S/C16H30ClNO4/c1-4-5-6-7-8-9-10-12-21-15(19)14(2)18(3)16(20)22-13-11-17/h14H,4-13H2,1-3H3. The SMILES string of the molecule is CCCCCCCCCOC(=O)C(C)N(C)C(=O)OCCCl. The van der Waals surface area contributed by atoms with Gasteiger partial charge in [-0.05, 0) is 13.3 Å². The van der Waals surface area contributed by atoms with Crippen LogP contribution < -0.4 is 0 Å². The number of halogens is 1. The lowest BCUT2D eigenvalue weighted by Crippen LogP contribution is -2.41. The van der Waals surface area contributed by atoms with Crippen LogP contribution in [0.15, 0.2) is 0 Å². The van der Waals surface area contributed by atoms with Gasteiger partial charge < -0.3 is 9.47 Å². The highest BCUT2D eigenvalue weighted by atomic mass is 35.5. The highest BCUT2D eigenvalue weighted by molar-refractivity contribution is 6.18. The van der Waals surface area contributed by atoms with E-state index in [-0.39, 0.29) is 12.5 Å². The molecule has 0 rings (SSSR count). The Labute approximate surface area is 139 Å². The van der Waals surface area contributed by atoms with Gasteiger partial charge in [0, 0.05) is 7.05 Å². The van der Waals surface area contributed by atoms with Gasteiger partial charge in [0.15, 0.2) is 0 Å². The topological polar surface area (TPSA) is 55.8 Å². The first-order valence-corrected chi connectivity index (χ1v) is 8.70. The summed E-state index contributed by atoms with van der Waals surface area (Å²) in [6.07, 6.45) is 7.60. The van der Waals surface area contributed by atoms with Crippen molar-refractivity contribution in [1.29, 1.82) is 0 Å². The lowest BCUT2D eigenvalue weighted by molar-refractivity contribution is -0.148. The molecule has 1 atom stereocenters. The van der Waals surface area contributed by atoms with Crippen molar-refractivity contribution in [3.8, 4) is 0 Å². The van der Waals surface area contributed by atoms with Crippen LogP contribution in [0.4, 0.5) is 4.79 Å². The highest BCUT2D eigenvalue weighted by Gasteiger charge is 2.24. The number of carbonyl (C=O) groups is 2. The molecule has 1 amide bonds. The lowest BCUT2D eigenvalue weighted by Gasteiger charge is -2.22. The van der Waals surface area contributed by atoms with Gasteiger partial charge in [-0.15, -0.1) is 11.6 Å². The number of esters is 1. The summed E-state index contributed by atoms with van der Waals surface area (Å²) in [5.74, 6) is -0.173. The fourth-order valence-corrected chi connectivity index (χ4v) is 1.97. The molecular formula is C16H30ClNO4. The lowest BCUT2D eigenvalue weighted by atomic mass is 10.1. The molecule has 0 spiro atoms. The number of hydrogen-bond donors (Lipinski definition) is 0. The summed E-state index contributed by atoms with van der Waals surface area (Å²) in [4.78, 5) is 24.6. The predicted molar refractivity (Wildman–Crippen MR) is 88.2 cm³/mol. The van der Waals surface area contributed by atoms with Gasteiger partial charge in [0.05, 0.1) is 12.5 Å². The molecule has 0 heterocycles. The van der Waals surface area contributed by atoms with E-state index in [0.717, 1.165) is 12.8 Å². The number of amides is 1. The van der Waals surface area contributed by atoms with E-state index in [2.05, 4.69) is 6.92 Å². The number of ether oxygens (including phenoxy) is 2. The van der Waals surface area contributed by atoms with Gasteiger partial charge in [0.2, 0.25) is 0 Å². The minimum Gasteiger partial charge on any atom is -0.464 e. The quantitative estimate of drug-likeness (QED) is 0.307. The third kappa shape index (κ3) is 9.87.